The highest BCUT2D eigenvalue weighted by Gasteiger charge is 2.20. The molecule has 1 saturated carbocycles. The molecule has 0 spiro atoms. The Hall–Kier alpha value is -0.450. The zero-order valence-electron chi connectivity index (χ0n) is 6.79. The van der Waals surface area contributed by atoms with Gasteiger partial charge < -0.3 is 10.4 Å². The van der Waals surface area contributed by atoms with Gasteiger partial charge in [-0.05, 0) is 12.8 Å². The number of hydrogen-bond donors (Lipinski definition) is 2. The van der Waals surface area contributed by atoms with Crippen LogP contribution in [0.15, 0.2) is 5.38 Å². The van der Waals surface area contributed by atoms with E-state index in [9.17, 15) is 0 Å². The highest BCUT2D eigenvalue weighted by Crippen LogP contribution is 2.19. The number of aliphatic hydroxyl groups is 1. The lowest BCUT2D eigenvalue weighted by Gasteiger charge is -1.96. The van der Waals surface area contributed by atoms with Crippen LogP contribution in [0.5, 0.6) is 0 Å². The smallest absolute Gasteiger partial charge is 0.107 e. The van der Waals surface area contributed by atoms with E-state index in [4.69, 9.17) is 5.11 Å². The van der Waals surface area contributed by atoms with Crippen molar-refractivity contribution in [2.24, 2.45) is 0 Å². The van der Waals surface area contributed by atoms with E-state index in [0.29, 0.717) is 0 Å². The van der Waals surface area contributed by atoms with Crippen LogP contribution >= 0.6 is 11.3 Å². The third-order valence-electron chi connectivity index (χ3n) is 1.88. The van der Waals surface area contributed by atoms with Crippen LogP contribution in [0, 0.1) is 0 Å². The van der Waals surface area contributed by atoms with Crippen LogP contribution < -0.4 is 5.32 Å². The van der Waals surface area contributed by atoms with E-state index in [-0.39, 0.29) is 6.61 Å². The lowest BCUT2D eigenvalue weighted by atomic mass is 10.5. The van der Waals surface area contributed by atoms with Crippen LogP contribution in [0.25, 0.3) is 0 Å². The Bertz CT molecular complexity index is 257. The molecule has 12 heavy (non-hydrogen) atoms. The third kappa shape index (κ3) is 2.03. The van der Waals surface area contributed by atoms with E-state index in [1.165, 1.54) is 12.8 Å². The summed E-state index contributed by atoms with van der Waals surface area (Å²) in [6, 6.07) is 0.728. The van der Waals surface area contributed by atoms with Crippen molar-refractivity contribution in [3.05, 3.63) is 16.1 Å². The first-order chi connectivity index (χ1) is 5.88. The predicted octanol–water partition coefficient (Wildman–Crippen LogP) is 0.887. The summed E-state index contributed by atoms with van der Waals surface area (Å²) in [7, 11) is 0. The fourth-order valence-corrected chi connectivity index (χ4v) is 1.76. The summed E-state index contributed by atoms with van der Waals surface area (Å²) >= 11 is 1.61. The maximum Gasteiger partial charge on any atom is 0.107 e. The Morgan fingerprint density at radius 1 is 1.67 bits per heavy atom. The van der Waals surface area contributed by atoms with Gasteiger partial charge in [0.05, 0.1) is 12.3 Å². The number of nitrogens with one attached hydrogen (secondary N) is 1. The van der Waals surface area contributed by atoms with Crippen LogP contribution in [0.3, 0.4) is 0 Å². The van der Waals surface area contributed by atoms with Crippen molar-refractivity contribution in [3.63, 3.8) is 0 Å². The van der Waals surface area contributed by atoms with Crippen LogP contribution in [0.1, 0.15) is 23.5 Å². The van der Waals surface area contributed by atoms with E-state index in [0.717, 1.165) is 23.3 Å². The van der Waals surface area contributed by atoms with Gasteiger partial charge in [-0.1, -0.05) is 0 Å². The zero-order chi connectivity index (χ0) is 8.39. The number of aliphatic hydroxyl groups excluding tert-OH is 1. The fourth-order valence-electron chi connectivity index (χ4n) is 1.02. The molecule has 0 saturated heterocycles. The first-order valence-corrected chi connectivity index (χ1v) is 5.04. The van der Waals surface area contributed by atoms with Crippen molar-refractivity contribution in [2.75, 3.05) is 0 Å². The number of rotatable bonds is 4. The van der Waals surface area contributed by atoms with E-state index in [1.54, 1.807) is 11.3 Å². The highest BCUT2D eigenvalue weighted by molar-refractivity contribution is 7.09. The molecule has 0 bridgehead atoms. The molecule has 0 radical (unpaired) electrons. The first-order valence-electron chi connectivity index (χ1n) is 4.16. The summed E-state index contributed by atoms with van der Waals surface area (Å²) < 4.78 is 0. The Morgan fingerprint density at radius 2 is 2.50 bits per heavy atom. The second-order valence-corrected chi connectivity index (χ2v) is 3.99. The number of hydrogen-bond acceptors (Lipinski definition) is 4. The molecule has 1 aromatic rings. The van der Waals surface area contributed by atoms with Crippen molar-refractivity contribution < 1.29 is 5.11 Å². The summed E-state index contributed by atoms with van der Waals surface area (Å²) in [6.07, 6.45) is 2.61. The van der Waals surface area contributed by atoms with Crippen molar-refractivity contribution >= 4 is 11.3 Å². The maximum atomic E-state index is 8.76. The minimum absolute atomic E-state index is 0.0555. The van der Waals surface area contributed by atoms with Crippen LogP contribution in [0.4, 0.5) is 0 Å². The van der Waals surface area contributed by atoms with Gasteiger partial charge in [0.2, 0.25) is 0 Å². The Balaban J connectivity index is 1.84. The van der Waals surface area contributed by atoms with Gasteiger partial charge in [-0.15, -0.1) is 11.3 Å². The van der Waals surface area contributed by atoms with Gasteiger partial charge in [-0.2, -0.15) is 0 Å². The van der Waals surface area contributed by atoms with Gasteiger partial charge in [0.15, 0.2) is 0 Å². The minimum atomic E-state index is 0.0555. The van der Waals surface area contributed by atoms with Crippen LogP contribution in [-0.4, -0.2) is 16.1 Å². The van der Waals surface area contributed by atoms with Gasteiger partial charge >= 0.3 is 0 Å². The molecule has 1 aliphatic carbocycles. The zero-order valence-corrected chi connectivity index (χ0v) is 7.60. The molecule has 0 aliphatic heterocycles. The van der Waals surface area contributed by atoms with E-state index >= 15 is 0 Å². The molecule has 2 rings (SSSR count). The summed E-state index contributed by atoms with van der Waals surface area (Å²) in [5, 5.41) is 15.1. The second-order valence-electron chi connectivity index (χ2n) is 3.05. The molecule has 0 unspecified atom stereocenters. The van der Waals surface area contributed by atoms with Crippen molar-refractivity contribution in [1.82, 2.24) is 10.3 Å². The molecule has 4 heteroatoms. The van der Waals surface area contributed by atoms with Gasteiger partial charge in [0.1, 0.15) is 5.01 Å². The minimum Gasteiger partial charge on any atom is -0.390 e. The van der Waals surface area contributed by atoms with Gasteiger partial charge in [0, 0.05) is 18.0 Å². The number of aromatic nitrogens is 1. The van der Waals surface area contributed by atoms with Gasteiger partial charge in [-0.3, -0.25) is 0 Å². The Morgan fingerprint density at radius 3 is 3.08 bits per heavy atom. The molecule has 1 fully saturated rings. The van der Waals surface area contributed by atoms with Crippen molar-refractivity contribution in [2.45, 2.75) is 32.0 Å². The van der Waals surface area contributed by atoms with Crippen molar-refractivity contribution in [3.8, 4) is 0 Å². The average molecular weight is 184 g/mol. The van der Waals surface area contributed by atoms with Gasteiger partial charge in [0.25, 0.3) is 0 Å². The second kappa shape index (κ2) is 3.51. The van der Waals surface area contributed by atoms with Crippen molar-refractivity contribution in [1.29, 1.82) is 0 Å². The molecule has 1 aliphatic rings. The lowest BCUT2D eigenvalue weighted by Crippen LogP contribution is -2.15. The van der Waals surface area contributed by atoms with E-state index in [1.807, 2.05) is 5.38 Å². The number of nitrogens with zero attached hydrogens (tertiary/aromatic N) is 1. The SMILES string of the molecule is OCc1csc(CNC2CC2)n1. The normalized spacial score (nSPS) is 16.8. The maximum absolute atomic E-state index is 8.76. The standard InChI is InChI=1S/C8H12N2OS/c11-4-7-5-12-8(10-7)3-9-6-1-2-6/h5-6,9,11H,1-4H2. The fraction of sp³-hybridized carbons (Fsp3) is 0.625. The molecule has 3 nitrogen and oxygen atoms in total. The molecule has 0 atom stereocenters. The summed E-state index contributed by atoms with van der Waals surface area (Å²) in [4.78, 5) is 4.23. The quantitative estimate of drug-likeness (QED) is 0.730. The van der Waals surface area contributed by atoms with Crippen LogP contribution in [-0.2, 0) is 13.2 Å². The molecule has 66 valence electrons. The lowest BCUT2D eigenvalue weighted by molar-refractivity contribution is 0.277. The summed E-state index contributed by atoms with van der Waals surface area (Å²) in [6.45, 7) is 0.912. The topological polar surface area (TPSA) is 45.1 Å². The summed E-state index contributed by atoms with van der Waals surface area (Å²) in [5.74, 6) is 0. The summed E-state index contributed by atoms with van der Waals surface area (Å²) in [5.41, 5.74) is 0.785. The molecule has 2 N–H and O–H groups in total. The highest BCUT2D eigenvalue weighted by atomic mass is 32.1. The Kier molecular flexibility index (Phi) is 2.39. The average Bonchev–Trinajstić information content (AvgIpc) is 2.81. The number of thiazole rings is 1. The van der Waals surface area contributed by atoms with Gasteiger partial charge in [-0.25, -0.2) is 4.98 Å². The van der Waals surface area contributed by atoms with Crippen LogP contribution in [0.2, 0.25) is 0 Å². The molecular weight excluding hydrogens is 172 g/mol. The Labute approximate surface area is 75.5 Å². The first kappa shape index (κ1) is 8.16. The molecule has 0 amide bonds. The molecule has 1 aromatic heterocycles. The third-order valence-corrected chi connectivity index (χ3v) is 2.78. The van der Waals surface area contributed by atoms with E-state index < -0.39 is 0 Å². The monoisotopic (exact) mass is 184 g/mol. The van der Waals surface area contributed by atoms with E-state index in [2.05, 4.69) is 10.3 Å². The largest absolute Gasteiger partial charge is 0.390 e. The molecular formula is C8H12N2OS. The predicted molar refractivity (Wildman–Crippen MR) is 47.9 cm³/mol. The molecule has 1 heterocycles. The molecule has 0 aromatic carbocycles.